The highest BCUT2D eigenvalue weighted by atomic mass is 32.2. The number of ether oxygens (including phenoxy) is 2. The molecule has 1 saturated heterocycles. The molecule has 3 aromatic heterocycles. The molecular formula is C25H22F2N4O7S2. The highest BCUT2D eigenvalue weighted by Crippen LogP contribution is 2.48. The molecule has 11 nitrogen and oxygen atoms in total. The first-order valence-electron chi connectivity index (χ1n) is 11.7. The number of carbonyl (C=O) groups excluding carboxylic acids is 1. The maximum absolute atomic E-state index is 16.2. The van der Waals surface area contributed by atoms with Crippen molar-refractivity contribution in [1.82, 2.24) is 14.4 Å². The number of carbonyl (C=O) groups is 1. The van der Waals surface area contributed by atoms with Crippen molar-refractivity contribution in [2.45, 2.75) is 29.6 Å². The quantitative estimate of drug-likeness (QED) is 0.130. The van der Waals surface area contributed by atoms with Gasteiger partial charge in [-0.25, -0.2) is 13.4 Å². The van der Waals surface area contributed by atoms with Crippen LogP contribution in [-0.4, -0.2) is 53.6 Å². The van der Waals surface area contributed by atoms with E-state index in [2.05, 4.69) is 10.1 Å². The third kappa shape index (κ3) is 4.48. The van der Waals surface area contributed by atoms with Crippen LogP contribution in [-0.2, 0) is 36.0 Å². The molecule has 1 aliphatic rings. The molecule has 0 radical (unpaired) electrons. The maximum atomic E-state index is 16.2. The number of pyridine rings is 2. The van der Waals surface area contributed by atoms with Gasteiger partial charge in [-0.3, -0.25) is 4.79 Å². The fourth-order valence-corrected chi connectivity index (χ4v) is 7.45. The lowest BCUT2D eigenvalue weighted by molar-refractivity contribution is -0.630. The molecule has 0 saturated carbocycles. The first kappa shape index (κ1) is 27.9. The number of fused-ring (bicyclic) bond motifs is 1. The lowest BCUT2D eigenvalue weighted by Gasteiger charge is -2.38. The van der Waals surface area contributed by atoms with Crippen molar-refractivity contribution >= 4 is 38.9 Å². The highest BCUT2D eigenvalue weighted by molar-refractivity contribution is 8.00. The number of alkyl halides is 2. The van der Waals surface area contributed by atoms with Gasteiger partial charge in [-0.1, -0.05) is 35.5 Å². The smallest absolute Gasteiger partial charge is 0.399 e. The summed E-state index contributed by atoms with van der Waals surface area (Å²) in [6, 6.07) is 10.1. The van der Waals surface area contributed by atoms with E-state index >= 15 is 8.78 Å². The number of aromatic nitrogens is 3. The van der Waals surface area contributed by atoms with Gasteiger partial charge in [0.25, 0.3) is 11.4 Å². The molecule has 5 rings (SSSR count). The highest BCUT2D eigenvalue weighted by Gasteiger charge is 2.65. The van der Waals surface area contributed by atoms with E-state index in [0.717, 1.165) is 41.6 Å². The number of nitrogens with zero attached hydrogens (tertiary/aromatic N) is 4. The molecule has 4 aromatic rings. The minimum absolute atomic E-state index is 0.0530. The molecule has 40 heavy (non-hydrogen) atoms. The van der Waals surface area contributed by atoms with Gasteiger partial charge >= 0.3 is 17.7 Å². The van der Waals surface area contributed by atoms with Crippen LogP contribution in [0.2, 0.25) is 0 Å². The van der Waals surface area contributed by atoms with Gasteiger partial charge in [-0.05, 0) is 19.1 Å². The molecule has 4 heterocycles. The van der Waals surface area contributed by atoms with Crippen LogP contribution in [0.5, 0.6) is 0 Å². The Bertz CT molecular complexity index is 1670. The zero-order valence-electron chi connectivity index (χ0n) is 21.1. The molecule has 0 spiro atoms. The topological polar surface area (TPSA) is 139 Å². The van der Waals surface area contributed by atoms with Crippen LogP contribution in [0.4, 0.5) is 8.78 Å². The standard InChI is InChI=1S/C25H22F2N4O7S2/c1-16-19-12-18(13-28-22(19)38-29-16)40(34,35)31-15-39-14-20(31)23(32)37-25(36-2,17-8-4-3-5-9-17)24(26,27)21-10-6-7-11-30(21)33/h3-13,20H,14-15H2,1-2H3/t20-,25?/m0/s1. The van der Waals surface area contributed by atoms with E-state index in [1.54, 1.807) is 13.0 Å². The third-order valence-corrected chi connectivity index (χ3v) is 9.45. The number of benzene rings is 1. The summed E-state index contributed by atoms with van der Waals surface area (Å²) in [7, 11) is -3.43. The molecule has 2 atom stereocenters. The summed E-state index contributed by atoms with van der Waals surface area (Å²) in [4.78, 5) is 17.3. The molecule has 0 aliphatic carbocycles. The zero-order valence-corrected chi connectivity index (χ0v) is 22.7. The lowest BCUT2D eigenvalue weighted by Crippen LogP contribution is -2.55. The molecule has 0 N–H and O–H groups in total. The molecule has 0 bridgehead atoms. The number of sulfonamides is 1. The van der Waals surface area contributed by atoms with Gasteiger partial charge < -0.3 is 19.2 Å². The minimum atomic E-state index is -4.34. The van der Waals surface area contributed by atoms with Crippen LogP contribution in [0.25, 0.3) is 11.1 Å². The molecule has 210 valence electrons. The van der Waals surface area contributed by atoms with E-state index in [1.807, 2.05) is 0 Å². The average Bonchev–Trinajstić information content (AvgIpc) is 3.60. The number of esters is 1. The number of rotatable bonds is 8. The molecule has 1 aromatic carbocycles. The van der Waals surface area contributed by atoms with Crippen LogP contribution >= 0.6 is 11.8 Å². The maximum Gasteiger partial charge on any atom is 0.399 e. The number of halogens is 2. The Morgan fingerprint density at radius 3 is 2.65 bits per heavy atom. The number of aryl methyl sites for hydroxylation is 1. The Kier molecular flexibility index (Phi) is 7.24. The monoisotopic (exact) mass is 592 g/mol. The van der Waals surface area contributed by atoms with Crippen LogP contribution in [0.3, 0.4) is 0 Å². The van der Waals surface area contributed by atoms with E-state index in [0.29, 0.717) is 11.1 Å². The SMILES string of the molecule is COC(OC(=O)[C@@H]1CSCN1S(=O)(=O)c1cnc2onc(C)c2c1)(c1ccccc1)C(F)(F)c1cccc[n+]1[O-]. The number of hydrogen-bond donors (Lipinski definition) is 0. The van der Waals surface area contributed by atoms with Gasteiger partial charge in [0.15, 0.2) is 6.20 Å². The second-order valence-corrected chi connectivity index (χ2v) is 11.7. The van der Waals surface area contributed by atoms with E-state index in [-0.39, 0.29) is 32.5 Å². The van der Waals surface area contributed by atoms with E-state index < -0.39 is 39.4 Å². The summed E-state index contributed by atoms with van der Waals surface area (Å²) in [5, 5.41) is 16.5. The second kappa shape index (κ2) is 10.4. The van der Waals surface area contributed by atoms with Gasteiger partial charge in [0.1, 0.15) is 10.9 Å². The Labute approximate surface area is 231 Å². The predicted octanol–water partition coefficient (Wildman–Crippen LogP) is 3.06. The average molecular weight is 593 g/mol. The molecule has 1 fully saturated rings. The summed E-state index contributed by atoms with van der Waals surface area (Å²) < 4.78 is 76.2. The summed E-state index contributed by atoms with van der Waals surface area (Å²) in [6.45, 7) is 1.61. The van der Waals surface area contributed by atoms with E-state index in [9.17, 15) is 18.4 Å². The molecule has 0 amide bonds. The van der Waals surface area contributed by atoms with Crippen molar-refractivity contribution in [3.8, 4) is 0 Å². The van der Waals surface area contributed by atoms with Gasteiger partial charge in [-0.15, -0.1) is 11.8 Å². The number of hydrogen-bond acceptors (Lipinski definition) is 10. The normalized spacial score (nSPS) is 18.1. The second-order valence-electron chi connectivity index (χ2n) is 8.79. The van der Waals surface area contributed by atoms with E-state index in [1.165, 1.54) is 42.5 Å². The van der Waals surface area contributed by atoms with Crippen molar-refractivity contribution in [2.24, 2.45) is 0 Å². The van der Waals surface area contributed by atoms with Crippen LogP contribution in [0.1, 0.15) is 17.0 Å². The van der Waals surface area contributed by atoms with Crippen LogP contribution in [0, 0.1) is 12.1 Å². The van der Waals surface area contributed by atoms with Gasteiger partial charge in [0.2, 0.25) is 10.0 Å². The minimum Gasteiger partial charge on any atom is -0.618 e. The van der Waals surface area contributed by atoms with Crippen molar-refractivity contribution < 1.29 is 40.7 Å². The Morgan fingerprint density at radius 2 is 1.95 bits per heavy atom. The number of thioether (sulfide) groups is 1. The van der Waals surface area contributed by atoms with Gasteiger partial charge in [-0.2, -0.15) is 17.8 Å². The fraction of sp³-hybridized carbons (Fsp3) is 0.280. The van der Waals surface area contributed by atoms with Gasteiger partial charge in [0.05, 0.1) is 23.2 Å². The molecule has 1 aliphatic heterocycles. The van der Waals surface area contributed by atoms with E-state index in [4.69, 9.17) is 14.0 Å². The first-order chi connectivity index (χ1) is 19.0. The first-order valence-corrected chi connectivity index (χ1v) is 14.3. The van der Waals surface area contributed by atoms with Crippen LogP contribution in [0.15, 0.2) is 76.4 Å². The molecule has 15 heteroatoms. The lowest BCUT2D eigenvalue weighted by atomic mass is 9.95. The summed E-state index contributed by atoms with van der Waals surface area (Å²) in [5.74, 6) is -8.83. The van der Waals surface area contributed by atoms with Crippen molar-refractivity contribution in [3.05, 3.63) is 89.1 Å². The van der Waals surface area contributed by atoms with Gasteiger partial charge in [0, 0.05) is 30.6 Å². The Morgan fingerprint density at radius 1 is 1.23 bits per heavy atom. The summed E-state index contributed by atoms with van der Waals surface area (Å²) in [6.07, 6.45) is 1.94. The van der Waals surface area contributed by atoms with Crippen molar-refractivity contribution in [1.29, 1.82) is 0 Å². The van der Waals surface area contributed by atoms with Crippen molar-refractivity contribution in [3.63, 3.8) is 0 Å². The Balaban J connectivity index is 1.54. The fourth-order valence-electron chi connectivity index (χ4n) is 4.35. The van der Waals surface area contributed by atoms with Crippen molar-refractivity contribution in [2.75, 3.05) is 18.7 Å². The molecule has 1 unspecified atom stereocenters. The summed E-state index contributed by atoms with van der Waals surface area (Å²) in [5.41, 5.74) is -0.757. The largest absolute Gasteiger partial charge is 0.618 e. The third-order valence-electron chi connectivity index (χ3n) is 6.45. The van der Waals surface area contributed by atoms with Crippen LogP contribution < -0.4 is 4.73 Å². The molecular weight excluding hydrogens is 570 g/mol. The predicted molar refractivity (Wildman–Crippen MR) is 137 cm³/mol. The number of methoxy groups -OCH3 is 1. The summed E-state index contributed by atoms with van der Waals surface area (Å²) >= 11 is 1.10. The zero-order chi connectivity index (χ0) is 28.7. The Hall–Kier alpha value is -3.66.